The summed E-state index contributed by atoms with van der Waals surface area (Å²) in [5.74, 6) is 1.49. The summed E-state index contributed by atoms with van der Waals surface area (Å²) < 4.78 is 11.4. The van der Waals surface area contributed by atoms with Gasteiger partial charge in [-0.15, -0.1) is 0 Å². The van der Waals surface area contributed by atoms with Crippen molar-refractivity contribution < 1.29 is 19.1 Å². The third-order valence-electron chi connectivity index (χ3n) is 8.81. The number of nitrogens with one attached hydrogen (secondary N) is 2. The Hall–Kier alpha value is -4.34. The molecule has 2 fully saturated rings. The van der Waals surface area contributed by atoms with E-state index in [9.17, 15) is 9.59 Å². The van der Waals surface area contributed by atoms with E-state index in [0.29, 0.717) is 19.5 Å². The summed E-state index contributed by atoms with van der Waals surface area (Å²) in [5.41, 5.74) is 2.18. The van der Waals surface area contributed by atoms with Crippen molar-refractivity contribution in [2.45, 2.75) is 102 Å². The first-order valence-electron chi connectivity index (χ1n) is 16.4. The van der Waals surface area contributed by atoms with E-state index in [2.05, 4.69) is 40.3 Å². The molecule has 4 heterocycles. The van der Waals surface area contributed by atoms with Crippen molar-refractivity contribution in [1.29, 1.82) is 0 Å². The minimum atomic E-state index is -0.709. The number of aromatic nitrogens is 4. The molecule has 2 amide bonds. The summed E-state index contributed by atoms with van der Waals surface area (Å²) in [6.45, 7) is 12.6. The van der Waals surface area contributed by atoms with Crippen LogP contribution >= 0.6 is 0 Å². The fourth-order valence-electron chi connectivity index (χ4n) is 6.67. The Morgan fingerprint density at radius 3 is 1.74 bits per heavy atom. The summed E-state index contributed by atoms with van der Waals surface area (Å²) in [4.78, 5) is 46.9. The molecule has 0 radical (unpaired) electrons. The van der Waals surface area contributed by atoms with Crippen LogP contribution in [0.1, 0.15) is 114 Å². The van der Waals surface area contributed by atoms with Crippen molar-refractivity contribution in [1.82, 2.24) is 29.7 Å². The van der Waals surface area contributed by atoms with Crippen molar-refractivity contribution in [2.24, 2.45) is 0 Å². The second kappa shape index (κ2) is 12.1. The van der Waals surface area contributed by atoms with Crippen LogP contribution in [0, 0.1) is 0 Å². The van der Waals surface area contributed by atoms with Crippen molar-refractivity contribution >= 4 is 17.8 Å². The van der Waals surface area contributed by atoms with E-state index in [1.54, 1.807) is 9.80 Å². The Morgan fingerprint density at radius 2 is 1.30 bits per heavy atom. The van der Waals surface area contributed by atoms with Crippen LogP contribution in [0.25, 0.3) is 5.57 Å². The van der Waals surface area contributed by atoms with Gasteiger partial charge in [0.2, 0.25) is 0 Å². The van der Waals surface area contributed by atoms with Crippen LogP contribution in [0.5, 0.6) is 0 Å². The van der Waals surface area contributed by atoms with Crippen molar-refractivity contribution in [3.8, 4) is 0 Å². The summed E-state index contributed by atoms with van der Waals surface area (Å²) in [6.07, 6.45) is 13.7. The number of hydrogen-bond acceptors (Lipinski definition) is 6. The maximum Gasteiger partial charge on any atom is 0.410 e. The lowest BCUT2D eigenvalue weighted by Crippen LogP contribution is -2.36. The Bertz CT molecular complexity index is 1540. The van der Waals surface area contributed by atoms with Gasteiger partial charge in [0.15, 0.2) is 0 Å². The molecule has 1 aromatic carbocycles. The van der Waals surface area contributed by atoms with Crippen LogP contribution in [0.3, 0.4) is 0 Å². The van der Waals surface area contributed by atoms with Crippen LogP contribution < -0.4 is 0 Å². The minimum Gasteiger partial charge on any atom is -0.444 e. The summed E-state index contributed by atoms with van der Waals surface area (Å²) in [5, 5.41) is 0. The zero-order chi connectivity index (χ0) is 32.7. The highest BCUT2D eigenvalue weighted by Gasteiger charge is 2.42. The largest absolute Gasteiger partial charge is 0.444 e. The molecule has 0 spiro atoms. The third kappa shape index (κ3) is 6.48. The van der Waals surface area contributed by atoms with E-state index < -0.39 is 16.6 Å². The zero-order valence-electron chi connectivity index (χ0n) is 27.8. The molecule has 244 valence electrons. The molecular weight excluding hydrogens is 580 g/mol. The van der Waals surface area contributed by atoms with Gasteiger partial charge in [0.1, 0.15) is 28.3 Å². The molecule has 3 aromatic rings. The summed E-state index contributed by atoms with van der Waals surface area (Å²) in [6, 6.07) is 10.0. The molecular formula is C36H46N6O4. The summed E-state index contributed by atoms with van der Waals surface area (Å²) in [7, 11) is 0. The maximum atomic E-state index is 13.1. The highest BCUT2D eigenvalue weighted by Crippen LogP contribution is 2.42. The molecule has 1 aliphatic carbocycles. The molecule has 2 atom stereocenters. The standard InChI is InChI=1S/C36H46N6O4/c1-34(2,3)45-32(43)41-20-10-14-28(41)26-22-37-30(39-26)36(18-16-25(17-19-36)24-12-8-7-9-13-24)31-38-23-27(40-31)29-15-11-21-42(29)33(44)46-35(4,5)6/h7-9,12-13,16-18,22-23,28-29H,10-11,14-15,19-21H2,1-6H3,(H,37,39)(H,38,40)/t28-,29-/m0/s1. The number of carbonyl (C=O) groups is 2. The second-order valence-electron chi connectivity index (χ2n) is 14.6. The number of rotatable bonds is 5. The van der Waals surface area contributed by atoms with Crippen LogP contribution in [0.2, 0.25) is 0 Å². The molecule has 2 N–H and O–H groups in total. The van der Waals surface area contributed by atoms with Crippen molar-refractivity contribution in [3.63, 3.8) is 0 Å². The third-order valence-corrected chi connectivity index (χ3v) is 8.81. The first-order chi connectivity index (χ1) is 21.8. The highest BCUT2D eigenvalue weighted by molar-refractivity contribution is 5.76. The summed E-state index contributed by atoms with van der Waals surface area (Å²) >= 11 is 0. The van der Waals surface area contributed by atoms with Crippen LogP contribution in [-0.4, -0.2) is 66.2 Å². The van der Waals surface area contributed by atoms with E-state index in [4.69, 9.17) is 19.4 Å². The topological polar surface area (TPSA) is 116 Å². The van der Waals surface area contributed by atoms with Gasteiger partial charge < -0.3 is 19.4 Å². The number of allylic oxidation sites excluding steroid dienone is 4. The normalized spacial score (nSPS) is 21.4. The van der Waals surface area contributed by atoms with Gasteiger partial charge in [-0.3, -0.25) is 9.80 Å². The minimum absolute atomic E-state index is 0.149. The van der Waals surface area contributed by atoms with Crippen molar-refractivity contribution in [3.05, 3.63) is 89.6 Å². The van der Waals surface area contributed by atoms with Crippen LogP contribution in [-0.2, 0) is 14.9 Å². The molecule has 2 saturated heterocycles. The number of hydrogen-bond donors (Lipinski definition) is 2. The van der Waals surface area contributed by atoms with E-state index in [1.165, 1.54) is 0 Å². The smallest absolute Gasteiger partial charge is 0.410 e. The fraction of sp³-hybridized carbons (Fsp3) is 0.500. The predicted octanol–water partition coefficient (Wildman–Crippen LogP) is 7.61. The van der Waals surface area contributed by atoms with Gasteiger partial charge in [-0.25, -0.2) is 19.6 Å². The number of likely N-dealkylation sites (tertiary alicyclic amines) is 2. The van der Waals surface area contributed by atoms with E-state index in [0.717, 1.165) is 59.9 Å². The Kier molecular flexibility index (Phi) is 8.33. The second-order valence-corrected chi connectivity index (χ2v) is 14.6. The molecule has 0 unspecified atom stereocenters. The zero-order valence-corrected chi connectivity index (χ0v) is 27.8. The van der Waals surface area contributed by atoms with Gasteiger partial charge in [-0.05, 0) is 84.8 Å². The van der Waals surface area contributed by atoms with Crippen LogP contribution in [0.4, 0.5) is 9.59 Å². The van der Waals surface area contributed by atoms with Gasteiger partial charge in [-0.2, -0.15) is 0 Å². The molecule has 0 saturated carbocycles. The first-order valence-corrected chi connectivity index (χ1v) is 16.4. The number of amides is 2. The molecule has 2 aromatic heterocycles. The predicted molar refractivity (Wildman–Crippen MR) is 176 cm³/mol. The number of nitrogens with zero attached hydrogens (tertiary/aromatic N) is 4. The molecule has 10 heteroatoms. The lowest BCUT2D eigenvalue weighted by atomic mass is 9.77. The monoisotopic (exact) mass is 626 g/mol. The number of carbonyl (C=O) groups excluding carboxylic acids is 2. The molecule has 2 aliphatic heterocycles. The van der Waals surface area contributed by atoms with Gasteiger partial charge >= 0.3 is 12.2 Å². The quantitative estimate of drug-likeness (QED) is 0.301. The van der Waals surface area contributed by atoms with Gasteiger partial charge in [0.25, 0.3) is 0 Å². The Balaban J connectivity index is 1.33. The average molecular weight is 627 g/mol. The SMILES string of the molecule is CC(C)(C)OC(=O)N1CCC[C@H]1c1cnc(C2(c3ncc([C@@H]4CCCN4C(=O)OC(C)(C)C)[nH]3)C=CC(c3ccccc3)=CC2)[nH]1. The van der Waals surface area contributed by atoms with Gasteiger partial charge in [0, 0.05) is 13.1 Å². The molecule has 6 rings (SSSR count). The van der Waals surface area contributed by atoms with Gasteiger partial charge in [-0.1, -0.05) is 48.6 Å². The number of aromatic amines is 2. The fourth-order valence-corrected chi connectivity index (χ4v) is 6.67. The number of imidazole rings is 2. The lowest BCUT2D eigenvalue weighted by Gasteiger charge is -2.30. The Morgan fingerprint density at radius 1 is 0.804 bits per heavy atom. The maximum absolute atomic E-state index is 13.1. The molecule has 0 bridgehead atoms. The van der Waals surface area contributed by atoms with Crippen LogP contribution in [0.15, 0.2) is 61.0 Å². The molecule has 10 nitrogen and oxygen atoms in total. The number of H-pyrrole nitrogens is 2. The van der Waals surface area contributed by atoms with E-state index in [1.807, 2.05) is 72.1 Å². The average Bonchev–Trinajstić information content (AvgIpc) is 3.82. The Labute approximate surface area is 271 Å². The molecule has 46 heavy (non-hydrogen) atoms. The van der Waals surface area contributed by atoms with Gasteiger partial charge in [0.05, 0.1) is 35.9 Å². The highest BCUT2D eigenvalue weighted by atomic mass is 16.6. The lowest BCUT2D eigenvalue weighted by molar-refractivity contribution is 0.0211. The van der Waals surface area contributed by atoms with E-state index >= 15 is 0 Å². The van der Waals surface area contributed by atoms with Crippen molar-refractivity contribution in [2.75, 3.05) is 13.1 Å². The first kappa shape index (κ1) is 31.6. The number of ether oxygens (including phenoxy) is 2. The molecule has 3 aliphatic rings. The number of benzene rings is 1. The van der Waals surface area contributed by atoms with E-state index in [-0.39, 0.29) is 24.3 Å².